The van der Waals surface area contributed by atoms with Gasteiger partial charge in [0.05, 0.1) is 0 Å². The van der Waals surface area contributed by atoms with E-state index in [1.807, 2.05) is 32.9 Å². The maximum atomic E-state index is 12.1. The number of piperidine rings is 1. The average Bonchev–Trinajstić information content (AvgIpc) is 2.56. The number of hydrogen-bond acceptors (Lipinski definition) is 5. The molecule has 2 aromatic rings. The van der Waals surface area contributed by atoms with Crippen LogP contribution in [0, 0.1) is 0 Å². The molecule has 0 amide bonds. The standard InChI is InChI=1S/C19H27N5O/c1-19(2,3)16-17(25)21-18(23-22-16)20-15-9-7-14(8-10-15)13-24-11-5-4-6-12-24/h7-10H,4-6,11-13H2,1-3H3,(H2,20,21,23,25). The molecule has 134 valence electrons. The number of nitrogens with one attached hydrogen (secondary N) is 2. The first-order chi connectivity index (χ1) is 11.9. The van der Waals surface area contributed by atoms with Crippen molar-refractivity contribution in [2.24, 2.45) is 0 Å². The lowest BCUT2D eigenvalue weighted by Gasteiger charge is -2.26. The molecule has 0 unspecified atom stereocenters. The van der Waals surface area contributed by atoms with Gasteiger partial charge in [0.15, 0.2) is 0 Å². The summed E-state index contributed by atoms with van der Waals surface area (Å²) in [6, 6.07) is 8.26. The number of H-pyrrole nitrogens is 1. The molecule has 6 heteroatoms. The van der Waals surface area contributed by atoms with Crippen LogP contribution in [0.25, 0.3) is 0 Å². The van der Waals surface area contributed by atoms with E-state index in [0.717, 1.165) is 12.2 Å². The Labute approximate surface area is 148 Å². The minimum Gasteiger partial charge on any atom is -0.324 e. The van der Waals surface area contributed by atoms with Gasteiger partial charge < -0.3 is 5.32 Å². The van der Waals surface area contributed by atoms with Crippen molar-refractivity contribution < 1.29 is 0 Å². The van der Waals surface area contributed by atoms with Crippen LogP contribution < -0.4 is 10.9 Å². The van der Waals surface area contributed by atoms with Gasteiger partial charge >= 0.3 is 0 Å². The molecule has 2 N–H and O–H groups in total. The molecule has 1 saturated heterocycles. The second kappa shape index (κ2) is 7.35. The predicted octanol–water partition coefficient (Wildman–Crippen LogP) is 3.19. The summed E-state index contributed by atoms with van der Waals surface area (Å²) in [5.41, 5.74) is 2.10. The van der Waals surface area contributed by atoms with Gasteiger partial charge in [0.1, 0.15) is 5.69 Å². The number of nitrogens with zero attached hydrogens (tertiary/aromatic N) is 3. The summed E-state index contributed by atoms with van der Waals surface area (Å²) in [5, 5.41) is 11.3. The Bertz CT molecular complexity index is 755. The van der Waals surface area contributed by atoms with Crippen molar-refractivity contribution in [3.05, 3.63) is 45.9 Å². The lowest BCUT2D eigenvalue weighted by Crippen LogP contribution is -2.29. The first-order valence-corrected chi connectivity index (χ1v) is 8.97. The monoisotopic (exact) mass is 341 g/mol. The first kappa shape index (κ1) is 17.6. The quantitative estimate of drug-likeness (QED) is 0.893. The molecule has 0 radical (unpaired) electrons. The second-order valence-electron chi connectivity index (χ2n) is 7.76. The fraction of sp³-hybridized carbons (Fsp3) is 0.526. The van der Waals surface area contributed by atoms with Gasteiger partial charge in [-0.2, -0.15) is 0 Å². The summed E-state index contributed by atoms with van der Waals surface area (Å²) in [5.74, 6) is 0.363. The van der Waals surface area contributed by atoms with Crippen molar-refractivity contribution in [2.75, 3.05) is 18.4 Å². The molecule has 0 spiro atoms. The second-order valence-corrected chi connectivity index (χ2v) is 7.76. The molecule has 1 aliphatic rings. The maximum absolute atomic E-state index is 12.1. The molecule has 0 aliphatic carbocycles. The molecule has 0 saturated carbocycles. The highest BCUT2D eigenvalue weighted by Gasteiger charge is 2.20. The van der Waals surface area contributed by atoms with Crippen LogP contribution in [-0.2, 0) is 12.0 Å². The number of benzene rings is 1. The molecule has 2 heterocycles. The smallest absolute Gasteiger partial charge is 0.274 e. The zero-order valence-electron chi connectivity index (χ0n) is 15.3. The van der Waals surface area contributed by atoms with Crippen LogP contribution in [0.2, 0.25) is 0 Å². The van der Waals surface area contributed by atoms with Gasteiger partial charge in [-0.3, -0.25) is 14.7 Å². The van der Waals surface area contributed by atoms with Crippen LogP contribution in [0.15, 0.2) is 29.1 Å². The molecule has 0 bridgehead atoms. The normalized spacial score (nSPS) is 16.0. The van der Waals surface area contributed by atoms with Gasteiger partial charge in [0, 0.05) is 17.6 Å². The predicted molar refractivity (Wildman–Crippen MR) is 100 cm³/mol. The Kier molecular flexibility index (Phi) is 5.18. The third-order valence-electron chi connectivity index (χ3n) is 4.48. The van der Waals surface area contributed by atoms with E-state index in [4.69, 9.17) is 0 Å². The van der Waals surface area contributed by atoms with Gasteiger partial charge in [-0.05, 0) is 43.6 Å². The van der Waals surface area contributed by atoms with Crippen molar-refractivity contribution in [1.29, 1.82) is 0 Å². The lowest BCUT2D eigenvalue weighted by atomic mass is 9.93. The zero-order chi connectivity index (χ0) is 17.9. The fourth-order valence-corrected chi connectivity index (χ4v) is 3.09. The number of rotatable bonds is 4. The molecule has 25 heavy (non-hydrogen) atoms. The summed E-state index contributed by atoms with van der Waals surface area (Å²) in [6.07, 6.45) is 3.96. The zero-order valence-corrected chi connectivity index (χ0v) is 15.3. The minimum atomic E-state index is -0.324. The Morgan fingerprint density at radius 3 is 2.36 bits per heavy atom. The van der Waals surface area contributed by atoms with Gasteiger partial charge in [-0.25, -0.2) is 0 Å². The Hall–Kier alpha value is -2.21. The highest BCUT2D eigenvalue weighted by molar-refractivity contribution is 5.53. The van der Waals surface area contributed by atoms with Crippen molar-refractivity contribution in [1.82, 2.24) is 20.1 Å². The van der Waals surface area contributed by atoms with Crippen LogP contribution in [0.3, 0.4) is 0 Å². The molecule has 3 rings (SSSR count). The van der Waals surface area contributed by atoms with Crippen molar-refractivity contribution in [2.45, 2.75) is 52.0 Å². The number of anilines is 2. The summed E-state index contributed by atoms with van der Waals surface area (Å²) in [7, 11) is 0. The van der Waals surface area contributed by atoms with E-state index in [0.29, 0.717) is 11.6 Å². The van der Waals surface area contributed by atoms with E-state index in [1.54, 1.807) is 0 Å². The Morgan fingerprint density at radius 1 is 1.08 bits per heavy atom. The van der Waals surface area contributed by atoms with Crippen LogP contribution in [0.1, 0.15) is 51.3 Å². The van der Waals surface area contributed by atoms with E-state index in [1.165, 1.54) is 37.9 Å². The van der Waals surface area contributed by atoms with Crippen LogP contribution >= 0.6 is 0 Å². The van der Waals surface area contributed by atoms with Gasteiger partial charge in [0.2, 0.25) is 5.95 Å². The first-order valence-electron chi connectivity index (χ1n) is 8.97. The number of hydrogen-bond donors (Lipinski definition) is 2. The van der Waals surface area contributed by atoms with Gasteiger partial charge in [-0.1, -0.05) is 39.3 Å². The fourth-order valence-electron chi connectivity index (χ4n) is 3.09. The Morgan fingerprint density at radius 2 is 1.76 bits per heavy atom. The molecular formula is C19H27N5O. The highest BCUT2D eigenvalue weighted by atomic mass is 16.1. The number of aromatic amines is 1. The van der Waals surface area contributed by atoms with Crippen LogP contribution in [-0.4, -0.2) is 33.2 Å². The summed E-state index contributed by atoms with van der Waals surface area (Å²) >= 11 is 0. The molecule has 0 atom stereocenters. The maximum Gasteiger partial charge on any atom is 0.274 e. The van der Waals surface area contributed by atoms with Gasteiger partial charge in [-0.15, -0.1) is 10.2 Å². The van der Waals surface area contributed by atoms with Crippen LogP contribution in [0.5, 0.6) is 0 Å². The molecular weight excluding hydrogens is 314 g/mol. The van der Waals surface area contributed by atoms with E-state index in [-0.39, 0.29) is 11.0 Å². The molecule has 1 aromatic heterocycles. The van der Waals surface area contributed by atoms with Crippen LogP contribution in [0.4, 0.5) is 11.6 Å². The molecule has 1 aliphatic heterocycles. The molecule has 1 aromatic carbocycles. The SMILES string of the molecule is CC(C)(C)c1nnc(Nc2ccc(CN3CCCCC3)cc2)[nH]c1=O. The molecule has 6 nitrogen and oxygen atoms in total. The van der Waals surface area contributed by atoms with Crippen molar-refractivity contribution in [3.63, 3.8) is 0 Å². The van der Waals surface area contributed by atoms with Crippen molar-refractivity contribution >= 4 is 11.6 Å². The van der Waals surface area contributed by atoms with Crippen molar-refractivity contribution in [3.8, 4) is 0 Å². The molecule has 1 fully saturated rings. The summed E-state index contributed by atoms with van der Waals surface area (Å²) in [4.78, 5) is 17.4. The van der Waals surface area contributed by atoms with Gasteiger partial charge in [0.25, 0.3) is 5.56 Å². The average molecular weight is 341 g/mol. The largest absolute Gasteiger partial charge is 0.324 e. The highest BCUT2D eigenvalue weighted by Crippen LogP contribution is 2.18. The third-order valence-corrected chi connectivity index (χ3v) is 4.48. The lowest BCUT2D eigenvalue weighted by molar-refractivity contribution is 0.221. The summed E-state index contributed by atoms with van der Waals surface area (Å²) in [6.45, 7) is 9.21. The minimum absolute atomic E-state index is 0.202. The Balaban J connectivity index is 1.65. The topological polar surface area (TPSA) is 73.9 Å². The number of aromatic nitrogens is 3. The van der Waals surface area contributed by atoms with E-state index in [2.05, 4.69) is 37.5 Å². The third kappa shape index (κ3) is 4.66. The van der Waals surface area contributed by atoms with E-state index >= 15 is 0 Å². The van der Waals surface area contributed by atoms with E-state index < -0.39 is 0 Å². The number of likely N-dealkylation sites (tertiary alicyclic amines) is 1. The summed E-state index contributed by atoms with van der Waals surface area (Å²) < 4.78 is 0. The van der Waals surface area contributed by atoms with E-state index in [9.17, 15) is 4.79 Å².